The highest BCUT2D eigenvalue weighted by molar-refractivity contribution is 7.89. The molecule has 0 spiro atoms. The summed E-state index contributed by atoms with van der Waals surface area (Å²) in [6.07, 6.45) is 0. The number of hydrogen-bond donors (Lipinski definition) is 1. The Labute approximate surface area is 205 Å². The maximum atomic E-state index is 13.0. The van der Waals surface area contributed by atoms with Gasteiger partial charge in [0.2, 0.25) is 10.0 Å². The van der Waals surface area contributed by atoms with Crippen LogP contribution in [-0.2, 0) is 14.8 Å². The van der Waals surface area contributed by atoms with Crippen LogP contribution in [0.2, 0.25) is 0 Å². The summed E-state index contributed by atoms with van der Waals surface area (Å²) in [6, 6.07) is 15.2. The number of aryl methyl sites for hydroxylation is 1. The van der Waals surface area contributed by atoms with E-state index in [0.717, 1.165) is 12.2 Å². The number of Topliss-reactive ketones (excluding diaryl/α,β-unsaturated/α-hetero) is 1. The maximum Gasteiger partial charge on any atom is 0.296 e. The van der Waals surface area contributed by atoms with E-state index >= 15 is 0 Å². The number of rotatable bonds is 7. The highest BCUT2D eigenvalue weighted by atomic mass is 32.2. The molecule has 9 nitrogen and oxygen atoms in total. The number of nitrogens with one attached hydrogen (secondary N) is 1. The third-order valence-corrected chi connectivity index (χ3v) is 8.17. The van der Waals surface area contributed by atoms with Gasteiger partial charge < -0.3 is 10.2 Å². The summed E-state index contributed by atoms with van der Waals surface area (Å²) in [7, 11) is -3.62. The zero-order chi connectivity index (χ0) is 25.2. The van der Waals surface area contributed by atoms with Gasteiger partial charge in [0.05, 0.1) is 27.5 Å². The molecule has 2 heterocycles. The first-order chi connectivity index (χ1) is 16.7. The number of amides is 1. The van der Waals surface area contributed by atoms with Crippen LogP contribution >= 0.6 is 0 Å². The number of para-hydroxylation sites is 1. The summed E-state index contributed by atoms with van der Waals surface area (Å²) in [5.41, 5.74) is 2.40. The van der Waals surface area contributed by atoms with E-state index in [1.807, 2.05) is 30.3 Å². The number of hydrogen-bond acceptors (Lipinski definition) is 6. The number of ketones is 1. The number of anilines is 1. The van der Waals surface area contributed by atoms with Gasteiger partial charge in [-0.25, -0.2) is 13.1 Å². The first-order valence-electron chi connectivity index (χ1n) is 11.5. The van der Waals surface area contributed by atoms with Gasteiger partial charge in [0.25, 0.3) is 11.7 Å². The van der Waals surface area contributed by atoms with Crippen molar-refractivity contribution < 1.29 is 18.0 Å². The number of nitrogens with zero attached hydrogens (tertiary/aromatic N) is 4. The van der Waals surface area contributed by atoms with Crippen LogP contribution in [0.4, 0.5) is 5.69 Å². The molecule has 2 aromatic carbocycles. The molecule has 4 rings (SSSR count). The molecule has 1 amide bonds. The SMILES string of the molecule is CCN1CCN(S(=O)(=O)c2ccc(NC(=O)C(=O)c3c(C)nn(-c4ccccc4)c3C)cc2)CC1. The smallest absolute Gasteiger partial charge is 0.296 e. The second kappa shape index (κ2) is 10.1. The normalized spacial score (nSPS) is 15.2. The zero-order valence-electron chi connectivity index (χ0n) is 20.1. The maximum absolute atomic E-state index is 13.0. The van der Waals surface area contributed by atoms with E-state index in [1.54, 1.807) is 18.5 Å². The fourth-order valence-electron chi connectivity index (χ4n) is 4.24. The van der Waals surface area contributed by atoms with Gasteiger partial charge >= 0.3 is 0 Å². The lowest BCUT2D eigenvalue weighted by Crippen LogP contribution is -2.48. The molecule has 0 bridgehead atoms. The topological polar surface area (TPSA) is 105 Å². The lowest BCUT2D eigenvalue weighted by molar-refractivity contribution is -0.112. The summed E-state index contributed by atoms with van der Waals surface area (Å²) >= 11 is 0. The summed E-state index contributed by atoms with van der Waals surface area (Å²) in [4.78, 5) is 28.0. The average Bonchev–Trinajstić information content (AvgIpc) is 3.18. The molecule has 0 atom stereocenters. The summed E-state index contributed by atoms with van der Waals surface area (Å²) in [5.74, 6) is -1.51. The monoisotopic (exact) mass is 495 g/mol. The number of piperazine rings is 1. The molecule has 1 aromatic heterocycles. The van der Waals surface area contributed by atoms with Crippen molar-refractivity contribution in [3.63, 3.8) is 0 Å². The van der Waals surface area contributed by atoms with Crippen LogP contribution in [0.3, 0.4) is 0 Å². The predicted octanol–water partition coefficient (Wildman–Crippen LogP) is 2.64. The van der Waals surface area contributed by atoms with Crippen molar-refractivity contribution in [2.45, 2.75) is 25.7 Å². The van der Waals surface area contributed by atoms with Crippen LogP contribution in [-0.4, -0.2) is 71.8 Å². The second-order valence-corrected chi connectivity index (χ2v) is 10.4. The Balaban J connectivity index is 1.46. The number of sulfonamides is 1. The van der Waals surface area contributed by atoms with Crippen LogP contribution in [0.5, 0.6) is 0 Å². The average molecular weight is 496 g/mol. The van der Waals surface area contributed by atoms with E-state index in [2.05, 4.69) is 22.2 Å². The lowest BCUT2D eigenvalue weighted by atomic mass is 10.1. The number of aromatic nitrogens is 2. The number of carbonyl (C=O) groups is 2. The Morgan fingerprint density at radius 1 is 0.943 bits per heavy atom. The highest BCUT2D eigenvalue weighted by Crippen LogP contribution is 2.22. The molecular formula is C25H29N5O4S. The van der Waals surface area contributed by atoms with Crippen molar-refractivity contribution in [1.82, 2.24) is 19.0 Å². The summed E-state index contributed by atoms with van der Waals surface area (Å²) in [6.45, 7) is 8.67. The molecule has 1 saturated heterocycles. The standard InChI is InChI=1S/C25H29N5O4S/c1-4-28-14-16-29(17-15-28)35(33,34)22-12-10-20(11-13-22)26-25(32)24(31)23-18(2)27-30(19(23)3)21-8-6-5-7-9-21/h5-13H,4,14-17H2,1-3H3,(H,26,32). The Kier molecular flexibility index (Phi) is 7.15. The molecule has 35 heavy (non-hydrogen) atoms. The minimum atomic E-state index is -3.62. The molecule has 1 aliphatic heterocycles. The molecule has 0 radical (unpaired) electrons. The zero-order valence-corrected chi connectivity index (χ0v) is 20.9. The summed E-state index contributed by atoms with van der Waals surface area (Å²) < 4.78 is 29.0. The molecule has 1 fully saturated rings. The molecule has 3 aromatic rings. The van der Waals surface area contributed by atoms with Gasteiger partial charge in [0.15, 0.2) is 0 Å². The molecule has 1 N–H and O–H groups in total. The molecule has 1 aliphatic rings. The molecule has 10 heteroatoms. The van der Waals surface area contributed by atoms with E-state index in [4.69, 9.17) is 0 Å². The minimum Gasteiger partial charge on any atom is -0.319 e. The van der Waals surface area contributed by atoms with Gasteiger partial charge in [0.1, 0.15) is 0 Å². The van der Waals surface area contributed by atoms with E-state index in [1.165, 1.54) is 28.6 Å². The molecule has 0 unspecified atom stereocenters. The Bertz CT molecular complexity index is 1330. The van der Waals surface area contributed by atoms with E-state index in [9.17, 15) is 18.0 Å². The highest BCUT2D eigenvalue weighted by Gasteiger charge is 2.28. The van der Waals surface area contributed by atoms with Crippen molar-refractivity contribution >= 4 is 27.4 Å². The van der Waals surface area contributed by atoms with Crippen molar-refractivity contribution in [2.24, 2.45) is 0 Å². The van der Waals surface area contributed by atoms with E-state index < -0.39 is 21.7 Å². The lowest BCUT2D eigenvalue weighted by Gasteiger charge is -2.33. The first-order valence-corrected chi connectivity index (χ1v) is 13.0. The first kappa shape index (κ1) is 24.8. The fourth-order valence-corrected chi connectivity index (χ4v) is 5.66. The summed E-state index contributed by atoms with van der Waals surface area (Å²) in [5, 5.41) is 7.00. The van der Waals surface area contributed by atoms with Gasteiger partial charge in [-0.3, -0.25) is 9.59 Å². The third-order valence-electron chi connectivity index (χ3n) is 6.25. The van der Waals surface area contributed by atoms with Crippen molar-refractivity contribution in [1.29, 1.82) is 0 Å². The largest absolute Gasteiger partial charge is 0.319 e. The Hall–Kier alpha value is -3.34. The van der Waals surface area contributed by atoms with Crippen LogP contribution in [0.25, 0.3) is 5.69 Å². The van der Waals surface area contributed by atoms with Gasteiger partial charge in [-0.2, -0.15) is 9.40 Å². The van der Waals surface area contributed by atoms with Crippen LogP contribution in [0.15, 0.2) is 59.5 Å². The quantitative estimate of drug-likeness (QED) is 0.399. The van der Waals surface area contributed by atoms with Crippen molar-refractivity contribution in [3.05, 3.63) is 71.5 Å². The predicted molar refractivity (Wildman–Crippen MR) is 133 cm³/mol. The van der Waals surface area contributed by atoms with Crippen LogP contribution in [0, 0.1) is 13.8 Å². The molecule has 184 valence electrons. The van der Waals surface area contributed by atoms with Crippen molar-refractivity contribution in [3.8, 4) is 5.69 Å². The second-order valence-electron chi connectivity index (χ2n) is 8.44. The minimum absolute atomic E-state index is 0.155. The number of likely N-dealkylation sites (N-methyl/N-ethyl adjacent to an activating group) is 1. The van der Waals surface area contributed by atoms with Gasteiger partial charge in [0, 0.05) is 31.9 Å². The Morgan fingerprint density at radius 3 is 2.17 bits per heavy atom. The van der Waals surface area contributed by atoms with Crippen molar-refractivity contribution in [2.75, 3.05) is 38.0 Å². The number of carbonyl (C=O) groups excluding carboxylic acids is 2. The van der Waals surface area contributed by atoms with Crippen LogP contribution in [0.1, 0.15) is 28.7 Å². The molecule has 0 aliphatic carbocycles. The number of benzene rings is 2. The van der Waals surface area contributed by atoms with Gasteiger partial charge in [-0.15, -0.1) is 0 Å². The molecular weight excluding hydrogens is 466 g/mol. The fraction of sp³-hybridized carbons (Fsp3) is 0.320. The Morgan fingerprint density at radius 2 is 1.57 bits per heavy atom. The molecule has 0 saturated carbocycles. The van der Waals surface area contributed by atoms with E-state index in [0.29, 0.717) is 43.3 Å². The van der Waals surface area contributed by atoms with Gasteiger partial charge in [-0.05, 0) is 56.8 Å². The van der Waals surface area contributed by atoms with Gasteiger partial charge in [-0.1, -0.05) is 25.1 Å². The third kappa shape index (κ3) is 5.04. The van der Waals surface area contributed by atoms with Crippen LogP contribution < -0.4 is 5.32 Å². The van der Waals surface area contributed by atoms with E-state index in [-0.39, 0.29) is 10.5 Å².